The molecule has 148 valence electrons. The van der Waals surface area contributed by atoms with Crippen molar-refractivity contribution in [2.24, 2.45) is 0 Å². The number of amides is 1. The van der Waals surface area contributed by atoms with Gasteiger partial charge in [-0.25, -0.2) is 0 Å². The van der Waals surface area contributed by atoms with Crippen LogP contribution in [0.2, 0.25) is 5.02 Å². The van der Waals surface area contributed by atoms with Crippen LogP contribution in [0.15, 0.2) is 42.5 Å². The molecule has 0 saturated carbocycles. The lowest BCUT2D eigenvalue weighted by atomic mass is 10.2. The summed E-state index contributed by atoms with van der Waals surface area (Å²) in [6.07, 6.45) is 0. The highest BCUT2D eigenvalue weighted by Crippen LogP contribution is 2.34. The van der Waals surface area contributed by atoms with Crippen molar-refractivity contribution >= 4 is 46.2 Å². The molecule has 0 atom stereocenters. The van der Waals surface area contributed by atoms with Gasteiger partial charge in [0.1, 0.15) is 5.75 Å². The summed E-state index contributed by atoms with van der Waals surface area (Å²) < 4.78 is 10.8. The van der Waals surface area contributed by atoms with Crippen LogP contribution in [0.4, 0.5) is 11.4 Å². The SMILES string of the molecule is CCOc1ccc(C(=O)NC(=S)Nc2cccc(Cl)c2N2CCOCC2)cc1. The van der Waals surface area contributed by atoms with E-state index in [-0.39, 0.29) is 11.0 Å². The predicted molar refractivity (Wildman–Crippen MR) is 116 cm³/mol. The minimum Gasteiger partial charge on any atom is -0.494 e. The lowest BCUT2D eigenvalue weighted by Gasteiger charge is -2.31. The first-order valence-corrected chi connectivity index (χ1v) is 9.83. The largest absolute Gasteiger partial charge is 0.494 e. The predicted octanol–water partition coefficient (Wildman–Crippen LogP) is 3.70. The Morgan fingerprint density at radius 2 is 1.93 bits per heavy atom. The number of ether oxygens (including phenoxy) is 2. The van der Waals surface area contributed by atoms with Gasteiger partial charge in [-0.2, -0.15) is 0 Å². The fourth-order valence-corrected chi connectivity index (χ4v) is 3.42. The van der Waals surface area contributed by atoms with Crippen molar-refractivity contribution in [1.29, 1.82) is 0 Å². The van der Waals surface area contributed by atoms with E-state index in [1.165, 1.54) is 0 Å². The molecule has 6 nitrogen and oxygen atoms in total. The zero-order valence-electron chi connectivity index (χ0n) is 15.5. The molecule has 2 N–H and O–H groups in total. The first-order chi connectivity index (χ1) is 13.6. The molecule has 2 aromatic rings. The summed E-state index contributed by atoms with van der Waals surface area (Å²) in [7, 11) is 0. The van der Waals surface area contributed by atoms with Gasteiger partial charge in [0.25, 0.3) is 5.91 Å². The van der Waals surface area contributed by atoms with Gasteiger partial charge in [0.2, 0.25) is 0 Å². The number of hydrogen-bond acceptors (Lipinski definition) is 5. The van der Waals surface area contributed by atoms with Gasteiger partial charge < -0.3 is 19.7 Å². The molecule has 1 saturated heterocycles. The van der Waals surface area contributed by atoms with Gasteiger partial charge in [0.15, 0.2) is 5.11 Å². The van der Waals surface area contributed by atoms with E-state index in [1.807, 2.05) is 25.1 Å². The molecule has 1 fully saturated rings. The fourth-order valence-electron chi connectivity index (χ4n) is 2.92. The summed E-state index contributed by atoms with van der Waals surface area (Å²) in [5.41, 5.74) is 2.09. The number of rotatable bonds is 5. The van der Waals surface area contributed by atoms with Gasteiger partial charge in [-0.05, 0) is 55.5 Å². The van der Waals surface area contributed by atoms with E-state index >= 15 is 0 Å². The molecular weight excluding hydrogens is 398 g/mol. The molecule has 0 unspecified atom stereocenters. The number of carbonyl (C=O) groups is 1. The highest BCUT2D eigenvalue weighted by atomic mass is 35.5. The Kier molecular flexibility index (Phi) is 7.08. The second-order valence-corrected chi connectivity index (χ2v) is 6.92. The average Bonchev–Trinajstić information content (AvgIpc) is 2.69. The molecule has 0 spiro atoms. The van der Waals surface area contributed by atoms with E-state index in [9.17, 15) is 4.79 Å². The number of nitrogens with zero attached hydrogens (tertiary/aromatic N) is 1. The second-order valence-electron chi connectivity index (χ2n) is 6.10. The summed E-state index contributed by atoms with van der Waals surface area (Å²) in [5, 5.41) is 6.61. The van der Waals surface area contributed by atoms with Crippen LogP contribution < -0.4 is 20.3 Å². The summed E-state index contributed by atoms with van der Waals surface area (Å²) >= 11 is 11.8. The molecule has 1 heterocycles. The maximum absolute atomic E-state index is 12.4. The van der Waals surface area contributed by atoms with E-state index in [2.05, 4.69) is 15.5 Å². The summed E-state index contributed by atoms with van der Waals surface area (Å²) in [6.45, 7) is 5.25. The van der Waals surface area contributed by atoms with Gasteiger partial charge in [-0.3, -0.25) is 10.1 Å². The van der Waals surface area contributed by atoms with Crippen molar-refractivity contribution in [3.05, 3.63) is 53.1 Å². The number of anilines is 2. The quantitative estimate of drug-likeness (QED) is 0.720. The number of halogens is 1. The molecule has 2 aromatic carbocycles. The van der Waals surface area contributed by atoms with E-state index in [4.69, 9.17) is 33.3 Å². The zero-order chi connectivity index (χ0) is 19.9. The molecule has 0 bridgehead atoms. The van der Waals surface area contributed by atoms with Crippen LogP contribution >= 0.6 is 23.8 Å². The average molecular weight is 420 g/mol. The first kappa shape index (κ1) is 20.4. The molecule has 3 rings (SSSR count). The standard InChI is InChI=1S/C20H22ClN3O3S/c1-2-27-15-8-6-14(7-9-15)19(25)23-20(28)22-17-5-3-4-16(21)18(17)24-10-12-26-13-11-24/h3-9H,2,10-13H2,1H3,(H2,22,23,25,28). The summed E-state index contributed by atoms with van der Waals surface area (Å²) in [6, 6.07) is 12.4. The maximum Gasteiger partial charge on any atom is 0.257 e. The molecule has 8 heteroatoms. The Bertz CT molecular complexity index is 839. The third-order valence-electron chi connectivity index (χ3n) is 4.22. The number of nitrogens with one attached hydrogen (secondary N) is 2. The summed E-state index contributed by atoms with van der Waals surface area (Å²) in [4.78, 5) is 14.6. The van der Waals surface area contributed by atoms with Crippen LogP contribution in [-0.2, 0) is 4.74 Å². The smallest absolute Gasteiger partial charge is 0.257 e. The molecule has 28 heavy (non-hydrogen) atoms. The lowest BCUT2D eigenvalue weighted by molar-refractivity contribution is 0.0977. The Hall–Kier alpha value is -2.35. The number of thiocarbonyl (C=S) groups is 1. The Labute approximate surface area is 174 Å². The van der Waals surface area contributed by atoms with Gasteiger partial charge in [-0.1, -0.05) is 17.7 Å². The van der Waals surface area contributed by atoms with Crippen LogP contribution in [-0.4, -0.2) is 43.9 Å². The van der Waals surface area contributed by atoms with E-state index in [0.29, 0.717) is 36.2 Å². The molecule has 0 aromatic heterocycles. The maximum atomic E-state index is 12.4. The molecule has 1 aliphatic rings. The number of benzene rings is 2. The van der Waals surface area contributed by atoms with Crippen molar-refractivity contribution < 1.29 is 14.3 Å². The minimum atomic E-state index is -0.296. The van der Waals surface area contributed by atoms with Crippen LogP contribution in [0.3, 0.4) is 0 Å². The van der Waals surface area contributed by atoms with E-state index in [1.54, 1.807) is 24.3 Å². The molecule has 1 amide bonds. The zero-order valence-corrected chi connectivity index (χ0v) is 17.1. The van der Waals surface area contributed by atoms with E-state index < -0.39 is 0 Å². The first-order valence-electron chi connectivity index (χ1n) is 9.05. The van der Waals surface area contributed by atoms with Crippen LogP contribution in [0, 0.1) is 0 Å². The molecular formula is C20H22ClN3O3S. The Morgan fingerprint density at radius 1 is 1.21 bits per heavy atom. The fraction of sp³-hybridized carbons (Fsp3) is 0.300. The van der Waals surface area contributed by atoms with E-state index in [0.717, 1.165) is 24.5 Å². The molecule has 0 radical (unpaired) electrons. The van der Waals surface area contributed by atoms with Crippen LogP contribution in [0.25, 0.3) is 0 Å². The highest BCUT2D eigenvalue weighted by molar-refractivity contribution is 7.80. The number of morpholine rings is 1. The number of carbonyl (C=O) groups excluding carboxylic acids is 1. The summed E-state index contributed by atoms with van der Waals surface area (Å²) in [5.74, 6) is 0.421. The number of hydrogen-bond donors (Lipinski definition) is 2. The molecule has 0 aliphatic carbocycles. The topological polar surface area (TPSA) is 62.8 Å². The van der Waals surface area contributed by atoms with Crippen molar-refractivity contribution in [1.82, 2.24) is 5.32 Å². The monoisotopic (exact) mass is 419 g/mol. The normalized spacial score (nSPS) is 13.7. The van der Waals surface area contributed by atoms with Crippen molar-refractivity contribution in [3.8, 4) is 5.75 Å². The van der Waals surface area contributed by atoms with Gasteiger partial charge >= 0.3 is 0 Å². The number of para-hydroxylation sites is 1. The minimum absolute atomic E-state index is 0.204. The highest BCUT2D eigenvalue weighted by Gasteiger charge is 2.19. The molecule has 1 aliphatic heterocycles. The van der Waals surface area contributed by atoms with Gasteiger partial charge in [-0.15, -0.1) is 0 Å². The lowest BCUT2D eigenvalue weighted by Crippen LogP contribution is -2.38. The Morgan fingerprint density at radius 3 is 2.61 bits per heavy atom. The van der Waals surface area contributed by atoms with Gasteiger partial charge in [0, 0.05) is 18.7 Å². The third kappa shape index (κ3) is 5.13. The van der Waals surface area contributed by atoms with Gasteiger partial charge in [0.05, 0.1) is 36.2 Å². The third-order valence-corrected chi connectivity index (χ3v) is 4.73. The Balaban J connectivity index is 1.67. The van der Waals surface area contributed by atoms with Crippen LogP contribution in [0.1, 0.15) is 17.3 Å². The van der Waals surface area contributed by atoms with Crippen molar-refractivity contribution in [2.45, 2.75) is 6.92 Å². The van der Waals surface area contributed by atoms with Crippen LogP contribution in [0.5, 0.6) is 5.75 Å². The van der Waals surface area contributed by atoms with Crippen molar-refractivity contribution in [2.75, 3.05) is 43.1 Å². The second kappa shape index (κ2) is 9.73. The van der Waals surface area contributed by atoms with Crippen molar-refractivity contribution in [3.63, 3.8) is 0 Å².